The van der Waals surface area contributed by atoms with Gasteiger partial charge in [-0.15, -0.1) is 0 Å². The maximum Gasteiger partial charge on any atom is 0.292 e. The number of aromatic nitrogens is 5. The van der Waals surface area contributed by atoms with Gasteiger partial charge in [-0.2, -0.15) is 10.1 Å². The Bertz CT molecular complexity index is 1490. The number of carbonyl (C=O) groups is 2. The third kappa shape index (κ3) is 5.14. The van der Waals surface area contributed by atoms with E-state index in [4.69, 9.17) is 4.52 Å². The molecule has 11 heteroatoms. The molecule has 0 bridgehead atoms. The summed E-state index contributed by atoms with van der Waals surface area (Å²) in [4.78, 5) is 38.5. The Kier molecular flexibility index (Phi) is 6.70. The number of hydrogen-bond acceptors (Lipinski definition) is 8. The molecule has 1 aliphatic rings. The number of hydrogen-bond donors (Lipinski definition) is 1. The predicted octanol–water partition coefficient (Wildman–Crippen LogP) is 2.70. The first-order chi connectivity index (χ1) is 18.1. The van der Waals surface area contributed by atoms with E-state index < -0.39 is 5.91 Å². The van der Waals surface area contributed by atoms with E-state index in [1.807, 2.05) is 56.9 Å². The highest BCUT2D eigenvalue weighted by Gasteiger charge is 2.25. The Morgan fingerprint density at radius 3 is 2.55 bits per heavy atom. The molecule has 0 saturated carbocycles. The third-order valence-corrected chi connectivity index (χ3v) is 6.77. The van der Waals surface area contributed by atoms with Gasteiger partial charge in [0.1, 0.15) is 6.33 Å². The number of benzene rings is 1. The number of carbonyl (C=O) groups excluding carboxylic acids is 2. The van der Waals surface area contributed by atoms with Crippen LogP contribution in [0.2, 0.25) is 0 Å². The monoisotopic (exact) mass is 516 g/mol. The Balaban J connectivity index is 1.32. The van der Waals surface area contributed by atoms with Crippen molar-refractivity contribution in [2.75, 3.05) is 33.2 Å². The van der Waals surface area contributed by atoms with Crippen LogP contribution in [0.15, 0.2) is 41.3 Å². The van der Waals surface area contributed by atoms with Crippen molar-refractivity contribution in [3.63, 3.8) is 0 Å². The fourth-order valence-corrected chi connectivity index (χ4v) is 4.38. The zero-order valence-corrected chi connectivity index (χ0v) is 22.4. The lowest BCUT2D eigenvalue weighted by Gasteiger charge is -2.32. The van der Waals surface area contributed by atoms with Gasteiger partial charge < -0.3 is 19.6 Å². The molecule has 2 amide bonds. The molecule has 38 heavy (non-hydrogen) atoms. The SMILES string of the molecule is Cc1cc(-c2ncnn3cc(C(=O)N4CCN(C)CC4)cc23)ccc1CNC(=O)c1noc(C(C)(C)C)n1. The van der Waals surface area contributed by atoms with Crippen LogP contribution >= 0.6 is 0 Å². The number of aryl methyl sites for hydroxylation is 1. The van der Waals surface area contributed by atoms with Gasteiger partial charge in [0.15, 0.2) is 0 Å². The smallest absolute Gasteiger partial charge is 0.292 e. The third-order valence-electron chi connectivity index (χ3n) is 6.77. The van der Waals surface area contributed by atoms with Gasteiger partial charge in [-0.25, -0.2) is 9.50 Å². The van der Waals surface area contributed by atoms with Crippen LogP contribution in [0.1, 0.15) is 58.8 Å². The fraction of sp³-hybridized carbons (Fsp3) is 0.407. The second-order valence-electron chi connectivity index (χ2n) is 10.8. The lowest BCUT2D eigenvalue weighted by molar-refractivity contribution is 0.0664. The lowest BCUT2D eigenvalue weighted by Crippen LogP contribution is -2.47. The van der Waals surface area contributed by atoms with Gasteiger partial charge in [-0.3, -0.25) is 9.59 Å². The van der Waals surface area contributed by atoms with E-state index in [-0.39, 0.29) is 17.1 Å². The molecule has 1 saturated heterocycles. The molecule has 4 aromatic rings. The highest BCUT2D eigenvalue weighted by Crippen LogP contribution is 2.26. The van der Waals surface area contributed by atoms with Crippen molar-refractivity contribution in [3.8, 4) is 11.3 Å². The van der Waals surface area contributed by atoms with Crippen LogP contribution in [0.4, 0.5) is 0 Å². The van der Waals surface area contributed by atoms with Crippen LogP contribution in [-0.4, -0.2) is 79.6 Å². The summed E-state index contributed by atoms with van der Waals surface area (Å²) < 4.78 is 6.92. The van der Waals surface area contributed by atoms with Crippen LogP contribution in [0.25, 0.3) is 16.8 Å². The summed E-state index contributed by atoms with van der Waals surface area (Å²) in [5.74, 6) is 0.0462. The highest BCUT2D eigenvalue weighted by atomic mass is 16.5. The van der Waals surface area contributed by atoms with Crippen LogP contribution in [0, 0.1) is 6.92 Å². The van der Waals surface area contributed by atoms with Crippen molar-refractivity contribution in [2.45, 2.75) is 39.7 Å². The highest BCUT2D eigenvalue weighted by molar-refractivity contribution is 5.97. The van der Waals surface area contributed by atoms with Crippen molar-refractivity contribution in [3.05, 3.63) is 65.2 Å². The standard InChI is InChI=1S/C27H32N8O3/c1-17-12-18(6-7-19(17)14-28-24(36)23-31-26(38-32-23)27(2,3)4)22-21-13-20(15-35(21)30-16-29-22)25(37)34-10-8-33(5)9-11-34/h6-7,12-13,15-16H,8-11,14H2,1-5H3,(H,28,36). The Labute approximate surface area is 220 Å². The molecule has 1 aliphatic heterocycles. The van der Waals surface area contributed by atoms with Crippen molar-refractivity contribution in [2.24, 2.45) is 0 Å². The molecule has 1 fully saturated rings. The first-order valence-corrected chi connectivity index (χ1v) is 12.6. The van der Waals surface area contributed by atoms with Crippen LogP contribution in [0.3, 0.4) is 0 Å². The van der Waals surface area contributed by atoms with Gasteiger partial charge in [-0.05, 0) is 37.2 Å². The van der Waals surface area contributed by atoms with Gasteiger partial charge in [0.05, 0.1) is 16.8 Å². The average Bonchev–Trinajstić information content (AvgIpc) is 3.56. The number of nitrogens with zero attached hydrogens (tertiary/aromatic N) is 7. The Morgan fingerprint density at radius 2 is 1.87 bits per heavy atom. The first-order valence-electron chi connectivity index (χ1n) is 12.6. The van der Waals surface area contributed by atoms with Gasteiger partial charge >= 0.3 is 0 Å². The van der Waals surface area contributed by atoms with Crippen LogP contribution < -0.4 is 5.32 Å². The van der Waals surface area contributed by atoms with Gasteiger partial charge in [-0.1, -0.05) is 38.1 Å². The summed E-state index contributed by atoms with van der Waals surface area (Å²) in [6.07, 6.45) is 3.26. The molecular weight excluding hydrogens is 484 g/mol. The summed E-state index contributed by atoms with van der Waals surface area (Å²) in [6.45, 7) is 11.3. The molecule has 11 nitrogen and oxygen atoms in total. The molecule has 3 aromatic heterocycles. The molecule has 0 atom stereocenters. The maximum absolute atomic E-state index is 13.1. The lowest BCUT2D eigenvalue weighted by atomic mass is 9.97. The van der Waals surface area contributed by atoms with E-state index in [1.54, 1.807) is 10.7 Å². The van der Waals surface area contributed by atoms with Crippen molar-refractivity contribution >= 4 is 17.3 Å². The topological polar surface area (TPSA) is 122 Å². The molecule has 0 aliphatic carbocycles. The number of rotatable bonds is 5. The molecule has 198 valence electrons. The molecule has 0 radical (unpaired) electrons. The summed E-state index contributed by atoms with van der Waals surface area (Å²) in [7, 11) is 2.06. The molecular formula is C27H32N8O3. The van der Waals surface area contributed by atoms with Crippen molar-refractivity contribution in [1.29, 1.82) is 0 Å². The van der Waals surface area contributed by atoms with Gasteiger partial charge in [0.25, 0.3) is 17.6 Å². The second kappa shape index (κ2) is 9.97. The summed E-state index contributed by atoms with van der Waals surface area (Å²) in [5.41, 5.74) is 4.60. The molecule has 0 spiro atoms. The summed E-state index contributed by atoms with van der Waals surface area (Å²) in [6, 6.07) is 7.79. The number of likely N-dealkylation sites (N-methyl/N-ethyl adjacent to an activating group) is 1. The molecule has 1 N–H and O–H groups in total. The number of amides is 2. The van der Waals surface area contributed by atoms with Crippen LogP contribution in [0.5, 0.6) is 0 Å². The summed E-state index contributed by atoms with van der Waals surface area (Å²) in [5, 5.41) is 11.0. The van der Waals surface area contributed by atoms with E-state index in [2.05, 4.69) is 37.5 Å². The van der Waals surface area contributed by atoms with E-state index >= 15 is 0 Å². The van der Waals surface area contributed by atoms with E-state index in [0.29, 0.717) is 31.1 Å². The summed E-state index contributed by atoms with van der Waals surface area (Å²) >= 11 is 0. The zero-order valence-electron chi connectivity index (χ0n) is 22.4. The number of fused-ring (bicyclic) bond motifs is 1. The Morgan fingerprint density at radius 1 is 1.11 bits per heavy atom. The van der Waals surface area contributed by atoms with E-state index in [9.17, 15) is 9.59 Å². The van der Waals surface area contributed by atoms with E-state index in [0.717, 1.165) is 41.0 Å². The Hall–Kier alpha value is -4.12. The minimum Gasteiger partial charge on any atom is -0.345 e. The van der Waals surface area contributed by atoms with Gasteiger partial charge in [0.2, 0.25) is 5.89 Å². The first kappa shape index (κ1) is 25.5. The van der Waals surface area contributed by atoms with E-state index in [1.165, 1.54) is 6.33 Å². The quantitative estimate of drug-likeness (QED) is 0.430. The largest absolute Gasteiger partial charge is 0.345 e. The van der Waals surface area contributed by atoms with Crippen molar-refractivity contribution < 1.29 is 14.1 Å². The van der Waals surface area contributed by atoms with Gasteiger partial charge in [0, 0.05) is 49.9 Å². The number of piperazine rings is 1. The minimum atomic E-state index is -0.393. The minimum absolute atomic E-state index is 0.00745. The molecule has 5 rings (SSSR count). The number of nitrogens with one attached hydrogen (secondary N) is 1. The molecule has 4 heterocycles. The normalized spacial score (nSPS) is 14.7. The maximum atomic E-state index is 13.1. The zero-order chi connectivity index (χ0) is 27.0. The van der Waals surface area contributed by atoms with Crippen LogP contribution in [-0.2, 0) is 12.0 Å². The van der Waals surface area contributed by atoms with Crippen molar-refractivity contribution in [1.82, 2.24) is 39.9 Å². The molecule has 0 unspecified atom stereocenters. The predicted molar refractivity (Wildman–Crippen MR) is 141 cm³/mol. The molecule has 1 aromatic carbocycles. The average molecular weight is 517 g/mol. The second-order valence-corrected chi connectivity index (χ2v) is 10.8. The fourth-order valence-electron chi connectivity index (χ4n) is 4.38.